The molecule has 1 aromatic rings. The molecule has 1 heterocycles. The number of hydrogen-bond donors (Lipinski definition) is 0. The Kier molecular flexibility index (Phi) is 5.44. The molecule has 1 fully saturated rings. The lowest BCUT2D eigenvalue weighted by Crippen LogP contribution is -2.28. The van der Waals surface area contributed by atoms with Gasteiger partial charge in [0.05, 0.1) is 18.6 Å². The molecule has 0 unspecified atom stereocenters. The van der Waals surface area contributed by atoms with Crippen molar-refractivity contribution in [2.45, 2.75) is 0 Å². The quantitative estimate of drug-likeness (QED) is 0.466. The molecular weight excluding hydrogens is 318 g/mol. The summed E-state index contributed by atoms with van der Waals surface area (Å²) >= 11 is 0.810. The third kappa shape index (κ3) is 3.93. The van der Waals surface area contributed by atoms with Crippen molar-refractivity contribution in [3.8, 4) is 18.1 Å². The summed E-state index contributed by atoms with van der Waals surface area (Å²) in [6, 6.07) is 6.85. The standard InChI is InChI=1S/C16H13NO5S/c1-3-8-17-15(19)13(23-16(17)20)9-11-6-4-5-7-12(11)22-10-14(18)21-2/h1,4-7,9H,8,10H2,2H3/b13-9+. The molecule has 1 aliphatic rings. The summed E-state index contributed by atoms with van der Waals surface area (Å²) in [6.07, 6.45) is 6.68. The van der Waals surface area contributed by atoms with E-state index in [1.807, 2.05) is 0 Å². The summed E-state index contributed by atoms with van der Waals surface area (Å²) in [6.45, 7) is -0.317. The predicted molar refractivity (Wildman–Crippen MR) is 85.5 cm³/mol. The molecule has 0 atom stereocenters. The Morgan fingerprint density at radius 2 is 2.13 bits per heavy atom. The number of amides is 2. The molecule has 0 spiro atoms. The van der Waals surface area contributed by atoms with Crippen molar-refractivity contribution in [2.24, 2.45) is 0 Å². The minimum atomic E-state index is -0.519. The zero-order valence-corrected chi connectivity index (χ0v) is 13.1. The van der Waals surface area contributed by atoms with E-state index >= 15 is 0 Å². The second-order valence-corrected chi connectivity index (χ2v) is 5.37. The van der Waals surface area contributed by atoms with E-state index in [1.54, 1.807) is 24.3 Å². The van der Waals surface area contributed by atoms with Gasteiger partial charge in [0.15, 0.2) is 6.61 Å². The van der Waals surface area contributed by atoms with E-state index in [0.717, 1.165) is 16.7 Å². The van der Waals surface area contributed by atoms with E-state index < -0.39 is 17.1 Å². The number of benzene rings is 1. The van der Waals surface area contributed by atoms with Crippen molar-refractivity contribution in [2.75, 3.05) is 20.3 Å². The van der Waals surface area contributed by atoms with Gasteiger partial charge in [-0.1, -0.05) is 24.1 Å². The van der Waals surface area contributed by atoms with E-state index in [-0.39, 0.29) is 18.1 Å². The van der Waals surface area contributed by atoms with Crippen LogP contribution in [-0.4, -0.2) is 42.3 Å². The highest BCUT2D eigenvalue weighted by Crippen LogP contribution is 2.33. The van der Waals surface area contributed by atoms with Crippen LogP contribution in [0.5, 0.6) is 5.75 Å². The molecule has 0 bridgehead atoms. The molecule has 7 heteroatoms. The Labute approximate surface area is 137 Å². The fraction of sp³-hybridized carbons (Fsp3) is 0.188. The average molecular weight is 331 g/mol. The molecule has 2 rings (SSSR count). The molecule has 0 radical (unpaired) electrons. The van der Waals surface area contributed by atoms with Gasteiger partial charge in [-0.2, -0.15) is 0 Å². The maximum Gasteiger partial charge on any atom is 0.343 e. The van der Waals surface area contributed by atoms with Crippen LogP contribution in [0.2, 0.25) is 0 Å². The molecule has 1 aliphatic heterocycles. The number of carbonyl (C=O) groups excluding carboxylic acids is 3. The first-order chi connectivity index (χ1) is 11.1. The Bertz CT molecular complexity index is 719. The van der Waals surface area contributed by atoms with Gasteiger partial charge in [-0.25, -0.2) is 4.79 Å². The summed E-state index contributed by atoms with van der Waals surface area (Å²) in [4.78, 5) is 36.3. The van der Waals surface area contributed by atoms with Crippen LogP contribution in [0, 0.1) is 12.3 Å². The van der Waals surface area contributed by atoms with Gasteiger partial charge in [0, 0.05) is 5.56 Å². The number of carbonyl (C=O) groups is 3. The molecule has 0 aliphatic carbocycles. The molecule has 23 heavy (non-hydrogen) atoms. The second kappa shape index (κ2) is 7.51. The van der Waals surface area contributed by atoms with E-state index in [1.165, 1.54) is 13.2 Å². The lowest BCUT2D eigenvalue weighted by molar-refractivity contribution is -0.142. The summed E-state index contributed by atoms with van der Waals surface area (Å²) < 4.78 is 9.88. The highest BCUT2D eigenvalue weighted by molar-refractivity contribution is 8.18. The molecule has 1 saturated heterocycles. The first-order valence-electron chi connectivity index (χ1n) is 6.54. The number of thioether (sulfide) groups is 1. The molecule has 0 saturated carbocycles. The minimum absolute atomic E-state index is 0.0670. The fourth-order valence-corrected chi connectivity index (χ4v) is 2.62. The van der Waals surface area contributed by atoms with E-state index in [2.05, 4.69) is 10.7 Å². The van der Waals surface area contributed by atoms with E-state index in [9.17, 15) is 14.4 Å². The normalized spacial score (nSPS) is 15.7. The fourth-order valence-electron chi connectivity index (χ4n) is 1.80. The lowest BCUT2D eigenvalue weighted by atomic mass is 10.2. The van der Waals surface area contributed by atoms with Crippen molar-refractivity contribution in [1.82, 2.24) is 4.90 Å². The SMILES string of the molecule is C#CCN1C(=O)S/C(=C/c2ccccc2OCC(=O)OC)C1=O. The van der Waals surface area contributed by atoms with Crippen molar-refractivity contribution < 1.29 is 23.9 Å². The third-order valence-electron chi connectivity index (χ3n) is 2.90. The lowest BCUT2D eigenvalue weighted by Gasteiger charge is -2.08. The van der Waals surface area contributed by atoms with Crippen LogP contribution in [0.1, 0.15) is 5.56 Å². The number of hydrogen-bond acceptors (Lipinski definition) is 6. The van der Waals surface area contributed by atoms with Gasteiger partial charge in [-0.3, -0.25) is 14.5 Å². The summed E-state index contributed by atoms with van der Waals surface area (Å²) in [5.74, 6) is 1.71. The molecule has 1 aromatic carbocycles. The molecule has 118 valence electrons. The smallest absolute Gasteiger partial charge is 0.343 e. The second-order valence-electron chi connectivity index (χ2n) is 4.37. The summed E-state index contributed by atoms with van der Waals surface area (Å²) in [5.41, 5.74) is 0.572. The van der Waals surface area contributed by atoms with Gasteiger partial charge >= 0.3 is 5.97 Å². The maximum absolute atomic E-state index is 12.1. The van der Waals surface area contributed by atoms with Crippen LogP contribution < -0.4 is 4.74 Å². The number of rotatable bonds is 5. The molecular formula is C16H13NO5S. The van der Waals surface area contributed by atoms with Crippen molar-refractivity contribution >= 4 is 35.0 Å². The van der Waals surface area contributed by atoms with E-state index in [4.69, 9.17) is 11.2 Å². The van der Waals surface area contributed by atoms with Crippen LogP contribution in [-0.2, 0) is 14.3 Å². The highest BCUT2D eigenvalue weighted by Gasteiger charge is 2.34. The maximum atomic E-state index is 12.1. The Morgan fingerprint density at radius 1 is 1.39 bits per heavy atom. The van der Waals surface area contributed by atoms with Gasteiger partial charge in [0.2, 0.25) is 0 Å². The van der Waals surface area contributed by atoms with Gasteiger partial charge < -0.3 is 9.47 Å². The Balaban J connectivity index is 2.23. The third-order valence-corrected chi connectivity index (χ3v) is 3.81. The van der Waals surface area contributed by atoms with Gasteiger partial charge in [-0.05, 0) is 23.9 Å². The zero-order valence-electron chi connectivity index (χ0n) is 12.3. The zero-order chi connectivity index (χ0) is 16.8. The number of methoxy groups -OCH3 is 1. The van der Waals surface area contributed by atoms with Crippen molar-refractivity contribution in [3.63, 3.8) is 0 Å². The van der Waals surface area contributed by atoms with Gasteiger partial charge in [-0.15, -0.1) is 6.42 Å². The number of nitrogens with zero attached hydrogens (tertiary/aromatic N) is 1. The molecule has 6 nitrogen and oxygen atoms in total. The van der Waals surface area contributed by atoms with E-state index in [0.29, 0.717) is 11.3 Å². The largest absolute Gasteiger partial charge is 0.481 e. The first-order valence-corrected chi connectivity index (χ1v) is 7.36. The molecule has 2 amide bonds. The number of imide groups is 1. The summed E-state index contributed by atoms with van der Waals surface area (Å²) in [7, 11) is 1.26. The number of terminal acetylenes is 1. The van der Waals surface area contributed by atoms with Crippen LogP contribution in [0.3, 0.4) is 0 Å². The Morgan fingerprint density at radius 3 is 2.83 bits per heavy atom. The minimum Gasteiger partial charge on any atom is -0.481 e. The van der Waals surface area contributed by atoms with Crippen molar-refractivity contribution in [1.29, 1.82) is 0 Å². The van der Waals surface area contributed by atoms with Crippen LogP contribution in [0.4, 0.5) is 4.79 Å². The van der Waals surface area contributed by atoms with Gasteiger partial charge in [0.25, 0.3) is 11.1 Å². The van der Waals surface area contributed by atoms with Gasteiger partial charge in [0.1, 0.15) is 5.75 Å². The predicted octanol–water partition coefficient (Wildman–Crippen LogP) is 1.91. The topological polar surface area (TPSA) is 72.9 Å². The first kappa shape index (κ1) is 16.6. The van der Waals surface area contributed by atoms with Crippen molar-refractivity contribution in [3.05, 3.63) is 34.7 Å². The monoisotopic (exact) mass is 331 g/mol. The van der Waals surface area contributed by atoms with Crippen LogP contribution >= 0.6 is 11.8 Å². The van der Waals surface area contributed by atoms with Crippen LogP contribution in [0.15, 0.2) is 29.2 Å². The van der Waals surface area contributed by atoms with Crippen LogP contribution in [0.25, 0.3) is 6.08 Å². The molecule has 0 N–H and O–H groups in total. The highest BCUT2D eigenvalue weighted by atomic mass is 32.2. The molecule has 0 aromatic heterocycles. The number of esters is 1. The Hall–Kier alpha value is -2.72. The number of ether oxygens (including phenoxy) is 2. The number of para-hydroxylation sites is 1. The average Bonchev–Trinajstić information content (AvgIpc) is 2.81. The summed E-state index contributed by atoms with van der Waals surface area (Å²) in [5, 5.41) is -0.410.